The van der Waals surface area contributed by atoms with E-state index in [4.69, 9.17) is 11.6 Å². The van der Waals surface area contributed by atoms with E-state index in [0.29, 0.717) is 0 Å². The van der Waals surface area contributed by atoms with Crippen LogP contribution in [-0.2, 0) is 14.7 Å². The van der Waals surface area contributed by atoms with Crippen molar-refractivity contribution in [3.63, 3.8) is 0 Å². The van der Waals surface area contributed by atoms with E-state index in [1.54, 1.807) is 0 Å². The van der Waals surface area contributed by atoms with Gasteiger partial charge in [0, 0.05) is 0 Å². The summed E-state index contributed by atoms with van der Waals surface area (Å²) in [6.07, 6.45) is -0.580. The van der Waals surface area contributed by atoms with Crippen LogP contribution in [0.5, 0.6) is 0 Å². The molecule has 4 heteroatoms. The lowest BCUT2D eigenvalue weighted by atomic mass is 10.3. The third-order valence-electron chi connectivity index (χ3n) is 0.491. The van der Waals surface area contributed by atoms with Crippen LogP contribution in [-0.4, -0.2) is 17.6 Å². The van der Waals surface area contributed by atoms with E-state index in [9.17, 15) is 14.7 Å². The van der Waals surface area contributed by atoms with Crippen molar-refractivity contribution in [3.05, 3.63) is 0 Å². The maximum Gasteiger partial charge on any atom is 0.362 e. The Morgan fingerprint density at radius 3 is 2.00 bits per heavy atom. The summed E-state index contributed by atoms with van der Waals surface area (Å²) in [5.74, 6) is -2.16. The van der Waals surface area contributed by atoms with E-state index in [2.05, 4.69) is 0 Å². The van der Waals surface area contributed by atoms with Gasteiger partial charge in [0.15, 0.2) is 5.78 Å². The molecule has 0 spiro atoms. The number of alkyl halides is 1. The SMILES string of the molecule is [O]C(=O)CC(=O)CCl. The smallest absolute Gasteiger partial charge is 0.298 e. The lowest BCUT2D eigenvalue weighted by molar-refractivity contribution is -0.145. The Hall–Kier alpha value is -0.570. The molecule has 0 heterocycles. The average molecular weight is 136 g/mol. The molecule has 0 aliphatic rings. The highest BCUT2D eigenvalue weighted by Gasteiger charge is 2.06. The molecule has 0 aromatic heterocycles. The highest BCUT2D eigenvalue weighted by Crippen LogP contribution is 1.85. The molecule has 0 amide bonds. The lowest BCUT2D eigenvalue weighted by Crippen LogP contribution is -2.05. The summed E-state index contributed by atoms with van der Waals surface area (Å²) in [7, 11) is 0. The van der Waals surface area contributed by atoms with E-state index in [-0.39, 0.29) is 5.88 Å². The van der Waals surface area contributed by atoms with Crippen LogP contribution < -0.4 is 0 Å². The van der Waals surface area contributed by atoms with Gasteiger partial charge in [0.25, 0.3) is 0 Å². The molecule has 0 unspecified atom stereocenters. The largest absolute Gasteiger partial charge is 0.362 e. The van der Waals surface area contributed by atoms with Crippen LogP contribution in [0.4, 0.5) is 0 Å². The zero-order valence-electron chi connectivity index (χ0n) is 4.02. The van der Waals surface area contributed by atoms with E-state index >= 15 is 0 Å². The standard InChI is InChI=1S/C4H4ClO3/c5-2-3(6)1-4(7)8/h1-2H2. The van der Waals surface area contributed by atoms with Gasteiger partial charge in [-0.15, -0.1) is 11.6 Å². The van der Waals surface area contributed by atoms with E-state index in [1.165, 1.54) is 0 Å². The van der Waals surface area contributed by atoms with Gasteiger partial charge in [-0.3, -0.25) is 4.79 Å². The number of Topliss-reactive ketones (excluding diaryl/α,β-unsaturated/α-hetero) is 1. The molecule has 0 saturated heterocycles. The van der Waals surface area contributed by atoms with Gasteiger partial charge in [-0.2, -0.15) is 0 Å². The minimum absolute atomic E-state index is 0.256. The van der Waals surface area contributed by atoms with Gasteiger partial charge in [-0.05, 0) is 0 Å². The van der Waals surface area contributed by atoms with Crippen LogP contribution in [0, 0.1) is 0 Å². The second kappa shape index (κ2) is 3.43. The molecule has 0 aromatic carbocycles. The second-order valence-corrected chi connectivity index (χ2v) is 1.49. The number of halogens is 1. The van der Waals surface area contributed by atoms with Crippen LogP contribution in [0.15, 0.2) is 0 Å². The van der Waals surface area contributed by atoms with E-state index in [1.807, 2.05) is 0 Å². The molecular formula is C4H4ClO3. The summed E-state index contributed by atoms with van der Waals surface area (Å²) < 4.78 is 0. The van der Waals surface area contributed by atoms with Gasteiger partial charge >= 0.3 is 5.97 Å². The van der Waals surface area contributed by atoms with Crippen LogP contribution in [0.1, 0.15) is 6.42 Å². The van der Waals surface area contributed by atoms with Crippen molar-refractivity contribution in [1.29, 1.82) is 0 Å². The summed E-state index contributed by atoms with van der Waals surface area (Å²) in [5.41, 5.74) is 0. The first-order valence-corrected chi connectivity index (χ1v) is 2.47. The molecule has 0 bridgehead atoms. The van der Waals surface area contributed by atoms with Gasteiger partial charge in [0.05, 0.1) is 5.88 Å². The number of carbonyl (C=O) groups is 2. The fourth-order valence-corrected chi connectivity index (χ4v) is 0.303. The third kappa shape index (κ3) is 3.61. The molecular weight excluding hydrogens is 131 g/mol. The monoisotopic (exact) mass is 135 g/mol. The van der Waals surface area contributed by atoms with E-state index < -0.39 is 18.2 Å². The number of hydrogen-bond donors (Lipinski definition) is 0. The quantitative estimate of drug-likeness (QED) is 0.408. The fourth-order valence-electron chi connectivity index (χ4n) is 0.208. The summed E-state index contributed by atoms with van der Waals surface area (Å²) in [4.78, 5) is 19.6. The lowest BCUT2D eigenvalue weighted by Gasteiger charge is -1.82. The summed E-state index contributed by atoms with van der Waals surface area (Å²) in [6, 6.07) is 0. The van der Waals surface area contributed by atoms with Crippen LogP contribution in [0.3, 0.4) is 0 Å². The Balaban J connectivity index is 3.40. The number of rotatable bonds is 3. The third-order valence-corrected chi connectivity index (χ3v) is 0.789. The number of ketones is 1. The van der Waals surface area contributed by atoms with E-state index in [0.717, 1.165) is 0 Å². The molecule has 0 aromatic rings. The first-order chi connectivity index (χ1) is 3.66. The molecule has 3 nitrogen and oxygen atoms in total. The maximum absolute atomic E-state index is 10.1. The van der Waals surface area contributed by atoms with Gasteiger partial charge in [0.1, 0.15) is 6.42 Å². The molecule has 0 atom stereocenters. The second-order valence-electron chi connectivity index (χ2n) is 1.22. The first-order valence-electron chi connectivity index (χ1n) is 1.94. The van der Waals surface area contributed by atoms with Gasteiger partial charge in [-0.25, -0.2) is 9.90 Å². The van der Waals surface area contributed by atoms with Crippen LogP contribution in [0.2, 0.25) is 0 Å². The average Bonchev–Trinajstić information content (AvgIpc) is 1.65. The van der Waals surface area contributed by atoms with Crippen LogP contribution >= 0.6 is 11.6 Å². The molecule has 0 aliphatic carbocycles. The molecule has 8 heavy (non-hydrogen) atoms. The summed E-state index contributed by atoms with van der Waals surface area (Å²) >= 11 is 4.96. The molecule has 45 valence electrons. The van der Waals surface area contributed by atoms with Gasteiger partial charge in [0.2, 0.25) is 0 Å². The molecule has 0 aliphatic heterocycles. The van der Waals surface area contributed by atoms with Crippen molar-refractivity contribution in [2.75, 3.05) is 5.88 Å². The Morgan fingerprint density at radius 2 is 1.88 bits per heavy atom. The van der Waals surface area contributed by atoms with Crippen molar-refractivity contribution >= 4 is 23.4 Å². The predicted molar refractivity (Wildman–Crippen MR) is 26.0 cm³/mol. The topological polar surface area (TPSA) is 54.0 Å². The minimum atomic E-state index is -1.38. The van der Waals surface area contributed by atoms with Crippen molar-refractivity contribution in [2.45, 2.75) is 6.42 Å². The Morgan fingerprint density at radius 1 is 1.38 bits per heavy atom. The van der Waals surface area contributed by atoms with Gasteiger partial charge in [-0.1, -0.05) is 0 Å². The number of hydrogen-bond acceptors (Lipinski definition) is 2. The highest BCUT2D eigenvalue weighted by atomic mass is 35.5. The Labute approximate surface area is 51.3 Å². The van der Waals surface area contributed by atoms with Crippen molar-refractivity contribution in [3.8, 4) is 0 Å². The fraction of sp³-hybridized carbons (Fsp3) is 0.500. The molecule has 0 saturated carbocycles. The molecule has 1 radical (unpaired) electrons. The van der Waals surface area contributed by atoms with Gasteiger partial charge < -0.3 is 0 Å². The molecule has 0 fully saturated rings. The summed E-state index contributed by atoms with van der Waals surface area (Å²) in [5, 5.41) is 9.58. The normalized spacial score (nSPS) is 8.62. The molecule has 0 rings (SSSR count). The summed E-state index contributed by atoms with van der Waals surface area (Å²) in [6.45, 7) is 0. The Bertz CT molecular complexity index is 110. The van der Waals surface area contributed by atoms with Crippen molar-refractivity contribution < 1.29 is 14.7 Å². The minimum Gasteiger partial charge on any atom is -0.298 e. The number of carbonyl (C=O) groups excluding carboxylic acids is 2. The van der Waals surface area contributed by atoms with Crippen LogP contribution in [0.25, 0.3) is 0 Å². The highest BCUT2D eigenvalue weighted by molar-refractivity contribution is 6.28. The van der Waals surface area contributed by atoms with Crippen molar-refractivity contribution in [1.82, 2.24) is 0 Å². The molecule has 0 N–H and O–H groups in total. The maximum atomic E-state index is 10.1. The zero-order chi connectivity index (χ0) is 6.57. The van der Waals surface area contributed by atoms with Crippen molar-refractivity contribution in [2.24, 2.45) is 0 Å². The first kappa shape index (κ1) is 7.43. The predicted octanol–water partition coefficient (Wildman–Crippen LogP) is 0.141. The Kier molecular flexibility index (Phi) is 3.19. The zero-order valence-corrected chi connectivity index (χ0v) is 4.77.